The molecule has 0 bridgehead atoms. The van der Waals surface area contributed by atoms with Gasteiger partial charge in [0.15, 0.2) is 0 Å². The predicted octanol–water partition coefficient (Wildman–Crippen LogP) is 2.64. The fourth-order valence-electron chi connectivity index (χ4n) is 1.83. The van der Waals surface area contributed by atoms with Crippen LogP contribution in [-0.4, -0.2) is 17.4 Å². The van der Waals surface area contributed by atoms with Crippen molar-refractivity contribution >= 4 is 29.1 Å². The number of Topliss-reactive ketones (excluding diaryl/α,β-unsaturated/α-hetero) is 1. The number of anilines is 1. The molecule has 1 aromatic carbocycles. The van der Waals surface area contributed by atoms with Crippen molar-refractivity contribution in [2.24, 2.45) is 0 Å². The molecule has 1 aliphatic heterocycles. The van der Waals surface area contributed by atoms with E-state index in [0.29, 0.717) is 12.2 Å². The van der Waals surface area contributed by atoms with Gasteiger partial charge in [-0.05, 0) is 37.5 Å². The molecular formula is C13H15NO2S. The maximum atomic E-state index is 11.3. The number of carbonyl (C=O) groups is 2. The molecule has 0 radical (unpaired) electrons. The Morgan fingerprint density at radius 3 is 3.06 bits per heavy atom. The van der Waals surface area contributed by atoms with Crippen molar-refractivity contribution in [2.75, 3.05) is 11.1 Å². The number of thioether (sulfide) groups is 1. The van der Waals surface area contributed by atoms with Crippen LogP contribution in [0.1, 0.15) is 25.3 Å². The number of carbonyl (C=O) groups excluding carboxylic acids is 2. The van der Waals surface area contributed by atoms with Gasteiger partial charge < -0.3 is 10.1 Å². The van der Waals surface area contributed by atoms with Crippen LogP contribution < -0.4 is 5.32 Å². The highest BCUT2D eigenvalue weighted by atomic mass is 32.2. The SMILES string of the molecule is CC(=O)CCCc1ccc2c(c1)NC(=O)CS2. The monoisotopic (exact) mass is 249 g/mol. The first-order valence-corrected chi connectivity index (χ1v) is 6.69. The van der Waals surface area contributed by atoms with Crippen molar-refractivity contribution < 1.29 is 9.59 Å². The van der Waals surface area contributed by atoms with Gasteiger partial charge in [-0.25, -0.2) is 0 Å². The van der Waals surface area contributed by atoms with Crippen molar-refractivity contribution in [3.8, 4) is 0 Å². The third-order valence-corrected chi connectivity index (χ3v) is 3.74. The predicted molar refractivity (Wildman–Crippen MR) is 69.4 cm³/mol. The summed E-state index contributed by atoms with van der Waals surface area (Å²) in [5.74, 6) is 0.784. The Balaban J connectivity index is 2.02. The molecule has 1 aliphatic rings. The normalized spacial score (nSPS) is 14.1. The van der Waals surface area contributed by atoms with Gasteiger partial charge in [-0.1, -0.05) is 6.07 Å². The fourth-order valence-corrected chi connectivity index (χ4v) is 2.62. The largest absolute Gasteiger partial charge is 0.324 e. The number of fused-ring (bicyclic) bond motifs is 1. The quantitative estimate of drug-likeness (QED) is 0.892. The van der Waals surface area contributed by atoms with E-state index in [4.69, 9.17) is 0 Å². The minimum atomic E-state index is 0.0587. The molecule has 3 nitrogen and oxygen atoms in total. The van der Waals surface area contributed by atoms with Gasteiger partial charge in [0.2, 0.25) is 5.91 Å². The van der Waals surface area contributed by atoms with Crippen LogP contribution in [0, 0.1) is 0 Å². The Hall–Kier alpha value is -1.29. The van der Waals surface area contributed by atoms with Gasteiger partial charge in [0.1, 0.15) is 5.78 Å². The van der Waals surface area contributed by atoms with E-state index >= 15 is 0 Å². The third-order valence-electron chi connectivity index (χ3n) is 2.67. The molecular weight excluding hydrogens is 234 g/mol. The van der Waals surface area contributed by atoms with Gasteiger partial charge in [-0.15, -0.1) is 11.8 Å². The molecule has 0 atom stereocenters. The lowest BCUT2D eigenvalue weighted by atomic mass is 10.1. The molecule has 17 heavy (non-hydrogen) atoms. The van der Waals surface area contributed by atoms with Crippen LogP contribution in [0.2, 0.25) is 0 Å². The van der Waals surface area contributed by atoms with Crippen LogP contribution in [0.15, 0.2) is 23.1 Å². The number of rotatable bonds is 4. The second-order valence-electron chi connectivity index (χ2n) is 4.22. The van der Waals surface area contributed by atoms with E-state index in [9.17, 15) is 9.59 Å². The molecule has 1 N–H and O–H groups in total. The molecule has 2 rings (SSSR count). The van der Waals surface area contributed by atoms with Crippen LogP contribution in [-0.2, 0) is 16.0 Å². The first kappa shape index (κ1) is 12.2. The summed E-state index contributed by atoms with van der Waals surface area (Å²) in [6.45, 7) is 1.61. The zero-order valence-corrected chi connectivity index (χ0v) is 10.6. The molecule has 1 heterocycles. The van der Waals surface area contributed by atoms with E-state index in [0.717, 1.165) is 23.4 Å². The fraction of sp³-hybridized carbons (Fsp3) is 0.385. The highest BCUT2D eigenvalue weighted by Crippen LogP contribution is 2.32. The second-order valence-corrected chi connectivity index (χ2v) is 5.24. The van der Waals surface area contributed by atoms with Crippen molar-refractivity contribution in [3.63, 3.8) is 0 Å². The van der Waals surface area contributed by atoms with E-state index < -0.39 is 0 Å². The molecule has 1 aromatic rings. The average Bonchev–Trinajstić information content (AvgIpc) is 2.28. The molecule has 0 saturated heterocycles. The molecule has 0 fully saturated rings. The number of ketones is 1. The molecule has 0 spiro atoms. The van der Waals surface area contributed by atoms with E-state index in [1.807, 2.05) is 12.1 Å². The zero-order valence-electron chi connectivity index (χ0n) is 9.79. The summed E-state index contributed by atoms with van der Waals surface area (Å²) in [6.07, 6.45) is 2.38. The lowest BCUT2D eigenvalue weighted by molar-refractivity contribution is -0.117. The highest BCUT2D eigenvalue weighted by molar-refractivity contribution is 8.00. The third kappa shape index (κ3) is 3.33. The summed E-state index contributed by atoms with van der Waals surface area (Å²) in [5.41, 5.74) is 2.08. The Morgan fingerprint density at radius 1 is 1.47 bits per heavy atom. The second kappa shape index (κ2) is 5.36. The number of aryl methyl sites for hydroxylation is 1. The van der Waals surface area contributed by atoms with Crippen molar-refractivity contribution in [1.82, 2.24) is 0 Å². The van der Waals surface area contributed by atoms with Crippen molar-refractivity contribution in [3.05, 3.63) is 23.8 Å². The summed E-state index contributed by atoms with van der Waals surface area (Å²) in [4.78, 5) is 23.2. The Labute approximate surface area is 105 Å². The summed E-state index contributed by atoms with van der Waals surface area (Å²) in [6, 6.07) is 6.13. The average molecular weight is 249 g/mol. The lowest BCUT2D eigenvalue weighted by Gasteiger charge is -2.17. The molecule has 0 aliphatic carbocycles. The first-order chi connectivity index (χ1) is 8.15. The van der Waals surface area contributed by atoms with Crippen molar-refractivity contribution in [2.45, 2.75) is 31.1 Å². The standard InChI is InChI=1S/C13H15NO2S/c1-9(15)3-2-4-10-5-6-12-11(7-10)14-13(16)8-17-12/h5-7H,2-4,8H2,1H3,(H,14,16). The Kier molecular flexibility index (Phi) is 3.84. The van der Waals surface area contributed by atoms with E-state index in [1.54, 1.807) is 18.7 Å². The van der Waals surface area contributed by atoms with Crippen LogP contribution in [0.3, 0.4) is 0 Å². The molecule has 4 heteroatoms. The number of amides is 1. The van der Waals surface area contributed by atoms with Gasteiger partial charge in [0, 0.05) is 11.3 Å². The topological polar surface area (TPSA) is 46.2 Å². The molecule has 1 amide bonds. The number of benzene rings is 1. The van der Waals surface area contributed by atoms with Gasteiger partial charge in [-0.3, -0.25) is 4.79 Å². The van der Waals surface area contributed by atoms with E-state index in [1.165, 1.54) is 5.56 Å². The van der Waals surface area contributed by atoms with Crippen LogP contribution in [0.4, 0.5) is 5.69 Å². The number of hydrogen-bond donors (Lipinski definition) is 1. The van der Waals surface area contributed by atoms with Gasteiger partial charge in [0.05, 0.1) is 11.4 Å². The smallest absolute Gasteiger partial charge is 0.234 e. The van der Waals surface area contributed by atoms with Gasteiger partial charge in [-0.2, -0.15) is 0 Å². The minimum absolute atomic E-state index is 0.0587. The van der Waals surface area contributed by atoms with Gasteiger partial charge in [0.25, 0.3) is 0 Å². The summed E-state index contributed by atoms with van der Waals surface area (Å²) in [5, 5.41) is 2.87. The minimum Gasteiger partial charge on any atom is -0.324 e. The lowest BCUT2D eigenvalue weighted by Crippen LogP contribution is -2.18. The maximum Gasteiger partial charge on any atom is 0.234 e. The Morgan fingerprint density at radius 2 is 2.29 bits per heavy atom. The first-order valence-electron chi connectivity index (χ1n) is 5.70. The molecule has 0 aromatic heterocycles. The molecule has 90 valence electrons. The summed E-state index contributed by atoms with van der Waals surface area (Å²) in [7, 11) is 0. The van der Waals surface area contributed by atoms with Gasteiger partial charge >= 0.3 is 0 Å². The summed E-state index contributed by atoms with van der Waals surface area (Å²) < 4.78 is 0. The number of nitrogens with one attached hydrogen (secondary N) is 1. The van der Waals surface area contributed by atoms with Crippen molar-refractivity contribution in [1.29, 1.82) is 0 Å². The zero-order chi connectivity index (χ0) is 12.3. The summed E-state index contributed by atoms with van der Waals surface area (Å²) >= 11 is 1.57. The van der Waals surface area contributed by atoms with E-state index in [2.05, 4.69) is 11.4 Å². The van der Waals surface area contributed by atoms with Crippen LogP contribution in [0.5, 0.6) is 0 Å². The maximum absolute atomic E-state index is 11.3. The van der Waals surface area contributed by atoms with Crippen LogP contribution in [0.25, 0.3) is 0 Å². The Bertz CT molecular complexity index is 457. The molecule has 0 unspecified atom stereocenters. The van der Waals surface area contributed by atoms with E-state index in [-0.39, 0.29) is 11.7 Å². The highest BCUT2D eigenvalue weighted by Gasteiger charge is 2.15. The van der Waals surface area contributed by atoms with Crippen LogP contribution >= 0.6 is 11.8 Å². The molecule has 0 saturated carbocycles. The number of hydrogen-bond acceptors (Lipinski definition) is 3.